The van der Waals surface area contributed by atoms with E-state index in [-0.39, 0.29) is 10.0 Å². The van der Waals surface area contributed by atoms with Crippen LogP contribution in [0.4, 0.5) is 18.9 Å². The van der Waals surface area contributed by atoms with Crippen molar-refractivity contribution in [2.75, 3.05) is 5.32 Å². The first kappa shape index (κ1) is 14.6. The van der Waals surface area contributed by atoms with E-state index >= 15 is 0 Å². The lowest BCUT2D eigenvalue weighted by atomic mass is 10.1. The van der Waals surface area contributed by atoms with Crippen molar-refractivity contribution >= 4 is 40.8 Å². The Balaban J connectivity index is 3.24. The molecule has 1 amide bonds. The van der Waals surface area contributed by atoms with Crippen molar-refractivity contribution in [1.82, 2.24) is 0 Å². The lowest BCUT2D eigenvalue weighted by Gasteiger charge is -2.11. The molecule has 1 rings (SSSR count). The summed E-state index contributed by atoms with van der Waals surface area (Å²) in [4.78, 5) is 21.5. The number of hydrogen-bond acceptors (Lipinski definition) is 2. The second-order valence-corrected chi connectivity index (χ2v) is 3.91. The number of halogens is 5. The number of amides is 1. The van der Waals surface area contributed by atoms with E-state index in [1.54, 1.807) is 0 Å². The Hall–Kier alpha value is -1.47. The summed E-state index contributed by atoms with van der Waals surface area (Å²) in [5, 5.41) is 9.70. The first-order valence-electron chi connectivity index (χ1n) is 4.23. The van der Waals surface area contributed by atoms with E-state index in [0.29, 0.717) is 0 Å². The number of carboxylic acid groups (broad SMARTS) is 1. The summed E-state index contributed by atoms with van der Waals surface area (Å²) in [6, 6.07) is 1.90. The average Bonchev–Trinajstić information content (AvgIpc) is 2.13. The largest absolute Gasteiger partial charge is 0.478 e. The lowest BCUT2D eigenvalue weighted by molar-refractivity contribution is -0.167. The van der Waals surface area contributed by atoms with Gasteiger partial charge in [-0.25, -0.2) is 4.79 Å². The maximum absolute atomic E-state index is 12.0. The molecule has 0 spiro atoms. The molecular formula is C9H4Cl2F3NO3. The van der Waals surface area contributed by atoms with Gasteiger partial charge in [0.15, 0.2) is 0 Å². The van der Waals surface area contributed by atoms with Crippen LogP contribution in [-0.2, 0) is 4.79 Å². The van der Waals surface area contributed by atoms with Gasteiger partial charge in [-0.1, -0.05) is 23.2 Å². The fourth-order valence-electron chi connectivity index (χ4n) is 1.08. The lowest BCUT2D eigenvalue weighted by Crippen LogP contribution is -2.30. The molecule has 0 fully saturated rings. The normalized spacial score (nSPS) is 11.2. The molecule has 0 saturated heterocycles. The molecule has 0 radical (unpaired) electrons. The van der Waals surface area contributed by atoms with Crippen LogP contribution >= 0.6 is 23.2 Å². The molecular weight excluding hydrogens is 298 g/mol. The van der Waals surface area contributed by atoms with Crippen molar-refractivity contribution in [2.45, 2.75) is 6.18 Å². The van der Waals surface area contributed by atoms with Crippen LogP contribution < -0.4 is 5.32 Å². The van der Waals surface area contributed by atoms with Gasteiger partial charge in [0.2, 0.25) is 0 Å². The highest BCUT2D eigenvalue weighted by molar-refractivity contribution is 6.37. The van der Waals surface area contributed by atoms with Gasteiger partial charge in [-0.2, -0.15) is 13.2 Å². The number of hydrogen-bond donors (Lipinski definition) is 2. The Morgan fingerprint density at radius 1 is 1.22 bits per heavy atom. The molecule has 4 nitrogen and oxygen atoms in total. The van der Waals surface area contributed by atoms with E-state index in [1.807, 2.05) is 0 Å². The fourth-order valence-corrected chi connectivity index (χ4v) is 1.66. The average molecular weight is 302 g/mol. The summed E-state index contributed by atoms with van der Waals surface area (Å²) in [6.07, 6.45) is -5.15. The minimum Gasteiger partial charge on any atom is -0.478 e. The summed E-state index contributed by atoms with van der Waals surface area (Å²) in [5.74, 6) is -3.91. The highest BCUT2D eigenvalue weighted by Gasteiger charge is 2.39. The molecule has 1 aromatic carbocycles. The Morgan fingerprint density at radius 3 is 2.22 bits per heavy atom. The molecule has 18 heavy (non-hydrogen) atoms. The Bertz CT molecular complexity index is 517. The van der Waals surface area contributed by atoms with Gasteiger partial charge in [-0.3, -0.25) is 4.79 Å². The summed E-state index contributed by atoms with van der Waals surface area (Å²) in [5.41, 5.74) is -1.29. The van der Waals surface area contributed by atoms with Crippen LogP contribution in [0, 0.1) is 0 Å². The Morgan fingerprint density at radius 2 is 1.78 bits per heavy atom. The number of aromatic carboxylic acids is 1. The Labute approximate surface area is 108 Å². The van der Waals surface area contributed by atoms with Crippen LogP contribution in [-0.4, -0.2) is 23.2 Å². The zero-order valence-electron chi connectivity index (χ0n) is 8.31. The molecule has 1 aromatic rings. The maximum Gasteiger partial charge on any atom is 0.471 e. The molecule has 0 aliphatic rings. The molecule has 0 bridgehead atoms. The van der Waals surface area contributed by atoms with Crippen LogP contribution in [0.3, 0.4) is 0 Å². The molecule has 0 aliphatic heterocycles. The van der Waals surface area contributed by atoms with Gasteiger partial charge in [0.1, 0.15) is 5.56 Å². The van der Waals surface area contributed by atoms with E-state index in [9.17, 15) is 22.8 Å². The van der Waals surface area contributed by atoms with Crippen LogP contribution in [0.5, 0.6) is 0 Å². The SMILES string of the molecule is O=C(O)c1c(Cl)cc(Cl)cc1NC(=O)C(F)(F)F. The third-order valence-electron chi connectivity index (χ3n) is 1.77. The van der Waals surface area contributed by atoms with Crippen molar-refractivity contribution in [3.05, 3.63) is 27.7 Å². The van der Waals surface area contributed by atoms with Crippen molar-refractivity contribution < 1.29 is 27.9 Å². The molecule has 0 heterocycles. The molecule has 0 aliphatic carbocycles. The van der Waals surface area contributed by atoms with E-state index in [1.165, 1.54) is 5.32 Å². The number of benzene rings is 1. The Kier molecular flexibility index (Phi) is 4.08. The van der Waals surface area contributed by atoms with E-state index in [4.69, 9.17) is 28.3 Å². The third kappa shape index (κ3) is 3.27. The number of rotatable bonds is 2. The van der Waals surface area contributed by atoms with Gasteiger partial charge in [-0.15, -0.1) is 0 Å². The van der Waals surface area contributed by atoms with Crippen LogP contribution in [0.2, 0.25) is 10.0 Å². The molecule has 0 atom stereocenters. The molecule has 9 heteroatoms. The number of nitrogens with one attached hydrogen (secondary N) is 1. The van der Waals surface area contributed by atoms with Gasteiger partial charge in [0.25, 0.3) is 0 Å². The number of carboxylic acids is 1. The molecule has 0 unspecified atom stereocenters. The number of carbonyl (C=O) groups excluding carboxylic acids is 1. The highest BCUT2D eigenvalue weighted by Crippen LogP contribution is 2.30. The van der Waals surface area contributed by atoms with Crippen LogP contribution in [0.15, 0.2) is 12.1 Å². The summed E-state index contributed by atoms with van der Waals surface area (Å²) in [7, 11) is 0. The highest BCUT2D eigenvalue weighted by atomic mass is 35.5. The molecule has 0 saturated carbocycles. The summed E-state index contributed by atoms with van der Waals surface area (Å²) in [6.45, 7) is 0. The van der Waals surface area contributed by atoms with Crippen molar-refractivity contribution in [3.63, 3.8) is 0 Å². The molecule has 0 aromatic heterocycles. The quantitative estimate of drug-likeness (QED) is 0.881. The minimum absolute atomic E-state index is 0.109. The van der Waals surface area contributed by atoms with Gasteiger partial charge < -0.3 is 10.4 Å². The number of carbonyl (C=O) groups is 2. The smallest absolute Gasteiger partial charge is 0.471 e. The van der Waals surface area contributed by atoms with Crippen LogP contribution in [0.1, 0.15) is 10.4 Å². The number of alkyl halides is 3. The maximum atomic E-state index is 12.0. The van der Waals surface area contributed by atoms with Gasteiger partial charge in [0.05, 0.1) is 10.7 Å². The topological polar surface area (TPSA) is 66.4 Å². The summed E-state index contributed by atoms with van der Waals surface area (Å²) < 4.78 is 36.1. The van der Waals surface area contributed by atoms with Gasteiger partial charge >= 0.3 is 18.1 Å². The first-order valence-corrected chi connectivity index (χ1v) is 4.99. The zero-order valence-corrected chi connectivity index (χ0v) is 9.82. The van der Waals surface area contributed by atoms with Crippen molar-refractivity contribution in [2.24, 2.45) is 0 Å². The predicted octanol–water partition coefficient (Wildman–Crippen LogP) is 3.19. The van der Waals surface area contributed by atoms with E-state index in [2.05, 4.69) is 0 Å². The van der Waals surface area contributed by atoms with Crippen LogP contribution in [0.25, 0.3) is 0 Å². The third-order valence-corrected chi connectivity index (χ3v) is 2.29. The minimum atomic E-state index is -5.15. The fraction of sp³-hybridized carbons (Fsp3) is 0.111. The van der Waals surface area contributed by atoms with Gasteiger partial charge in [0, 0.05) is 5.02 Å². The second kappa shape index (κ2) is 5.03. The predicted molar refractivity (Wildman–Crippen MR) is 58.1 cm³/mol. The molecule has 2 N–H and O–H groups in total. The number of anilines is 1. The zero-order chi connectivity index (χ0) is 14.1. The van der Waals surface area contributed by atoms with E-state index < -0.39 is 29.3 Å². The standard InChI is InChI=1S/C9H4Cl2F3NO3/c10-3-1-4(11)6(7(16)17)5(2-3)15-8(18)9(12,13)14/h1-2H,(H,15,18)(H,16,17). The second-order valence-electron chi connectivity index (χ2n) is 3.07. The first-order chi connectivity index (χ1) is 8.12. The monoisotopic (exact) mass is 301 g/mol. The van der Waals surface area contributed by atoms with Crippen molar-refractivity contribution in [1.29, 1.82) is 0 Å². The summed E-state index contributed by atoms with van der Waals surface area (Å²) >= 11 is 11.0. The van der Waals surface area contributed by atoms with Gasteiger partial charge in [-0.05, 0) is 12.1 Å². The molecule has 98 valence electrons. The van der Waals surface area contributed by atoms with E-state index in [0.717, 1.165) is 12.1 Å². The van der Waals surface area contributed by atoms with Crippen molar-refractivity contribution in [3.8, 4) is 0 Å².